The number of hydrogen-bond acceptors (Lipinski definition) is 4. The van der Waals surface area contributed by atoms with Crippen LogP contribution in [0.1, 0.15) is 6.42 Å². The summed E-state index contributed by atoms with van der Waals surface area (Å²) in [5, 5.41) is 14.6. The molecule has 0 aromatic heterocycles. The highest BCUT2D eigenvalue weighted by Gasteiger charge is 2.45. The average Bonchev–Trinajstić information content (AvgIpc) is 3.07. The van der Waals surface area contributed by atoms with Crippen LogP contribution < -0.4 is 10.6 Å². The Labute approximate surface area is 121 Å². The molecule has 0 spiro atoms. The summed E-state index contributed by atoms with van der Waals surface area (Å²) in [5.41, 5.74) is -1.34. The van der Waals surface area contributed by atoms with E-state index in [-0.39, 0.29) is 25.1 Å². The summed E-state index contributed by atoms with van der Waals surface area (Å²) in [6.45, 7) is 2.07. The zero-order valence-corrected chi connectivity index (χ0v) is 11.5. The topological polar surface area (TPSA) is 111 Å². The van der Waals surface area contributed by atoms with Gasteiger partial charge in [-0.2, -0.15) is 0 Å². The third-order valence-electron chi connectivity index (χ3n) is 4.30. The lowest BCUT2D eigenvalue weighted by Gasteiger charge is -2.37. The molecule has 0 bridgehead atoms. The molecule has 116 valence electrons. The molecule has 3 fully saturated rings. The van der Waals surface area contributed by atoms with Gasteiger partial charge in [0.2, 0.25) is 0 Å². The molecular formula is C12H18N4O5. The SMILES string of the molecule is O=C(NC1(C(=O)O)CCOC1)N1CCN2C(=O)NCC2C1. The van der Waals surface area contributed by atoms with Crippen LogP contribution >= 0.6 is 0 Å². The average molecular weight is 298 g/mol. The van der Waals surface area contributed by atoms with Gasteiger partial charge in [0.1, 0.15) is 0 Å². The Bertz CT molecular complexity index is 476. The smallest absolute Gasteiger partial charge is 0.332 e. The maximum Gasteiger partial charge on any atom is 0.332 e. The second-order valence-corrected chi connectivity index (χ2v) is 5.60. The minimum Gasteiger partial charge on any atom is -0.479 e. The highest BCUT2D eigenvalue weighted by atomic mass is 16.5. The van der Waals surface area contributed by atoms with Crippen molar-refractivity contribution >= 4 is 18.0 Å². The number of carboxylic acids is 1. The van der Waals surface area contributed by atoms with Crippen molar-refractivity contribution in [2.24, 2.45) is 0 Å². The van der Waals surface area contributed by atoms with Gasteiger partial charge < -0.3 is 30.3 Å². The van der Waals surface area contributed by atoms with E-state index in [1.165, 1.54) is 0 Å². The van der Waals surface area contributed by atoms with Crippen LogP contribution in [0.3, 0.4) is 0 Å². The van der Waals surface area contributed by atoms with Gasteiger partial charge in [-0.15, -0.1) is 0 Å². The van der Waals surface area contributed by atoms with Gasteiger partial charge >= 0.3 is 18.0 Å². The fraction of sp³-hybridized carbons (Fsp3) is 0.750. The van der Waals surface area contributed by atoms with Gasteiger partial charge in [-0.25, -0.2) is 14.4 Å². The summed E-state index contributed by atoms with van der Waals surface area (Å²) in [4.78, 5) is 38.5. The number of carbonyl (C=O) groups excluding carboxylic acids is 2. The van der Waals surface area contributed by atoms with E-state index >= 15 is 0 Å². The number of ether oxygens (including phenoxy) is 1. The molecule has 3 N–H and O–H groups in total. The predicted molar refractivity (Wildman–Crippen MR) is 69.8 cm³/mol. The molecule has 2 atom stereocenters. The summed E-state index contributed by atoms with van der Waals surface area (Å²) in [7, 11) is 0. The molecule has 21 heavy (non-hydrogen) atoms. The molecule has 4 amide bonds. The summed E-state index contributed by atoms with van der Waals surface area (Å²) < 4.78 is 5.12. The first-order valence-electron chi connectivity index (χ1n) is 6.94. The lowest BCUT2D eigenvalue weighted by Crippen LogP contribution is -2.62. The Kier molecular flexibility index (Phi) is 3.36. The number of nitrogens with zero attached hydrogens (tertiary/aromatic N) is 2. The van der Waals surface area contributed by atoms with Crippen LogP contribution in [-0.4, -0.2) is 83.9 Å². The molecule has 2 unspecified atom stereocenters. The highest BCUT2D eigenvalue weighted by Crippen LogP contribution is 2.20. The number of rotatable bonds is 2. The molecule has 0 saturated carbocycles. The number of hydrogen-bond donors (Lipinski definition) is 3. The van der Waals surface area contributed by atoms with Crippen LogP contribution in [0.4, 0.5) is 9.59 Å². The Hall–Kier alpha value is -2.03. The third-order valence-corrected chi connectivity index (χ3v) is 4.30. The lowest BCUT2D eigenvalue weighted by molar-refractivity contribution is -0.144. The molecule has 9 nitrogen and oxygen atoms in total. The first-order chi connectivity index (χ1) is 10.0. The van der Waals surface area contributed by atoms with Crippen molar-refractivity contribution in [1.82, 2.24) is 20.4 Å². The number of carbonyl (C=O) groups is 3. The number of nitrogens with one attached hydrogen (secondary N) is 2. The molecule has 0 aromatic rings. The molecule has 3 saturated heterocycles. The van der Waals surface area contributed by atoms with Crippen LogP contribution in [0, 0.1) is 0 Å². The van der Waals surface area contributed by atoms with E-state index in [0.717, 1.165) is 0 Å². The monoisotopic (exact) mass is 298 g/mol. The summed E-state index contributed by atoms with van der Waals surface area (Å²) >= 11 is 0. The number of urea groups is 2. The maximum absolute atomic E-state index is 12.3. The molecule has 0 aromatic carbocycles. The van der Waals surface area contributed by atoms with Crippen molar-refractivity contribution in [1.29, 1.82) is 0 Å². The van der Waals surface area contributed by atoms with Crippen LogP contribution in [0.5, 0.6) is 0 Å². The third kappa shape index (κ3) is 2.37. The van der Waals surface area contributed by atoms with Crippen LogP contribution in [0.15, 0.2) is 0 Å². The molecule has 3 aliphatic rings. The molecule has 0 radical (unpaired) electrons. The van der Waals surface area contributed by atoms with E-state index in [2.05, 4.69) is 10.6 Å². The van der Waals surface area contributed by atoms with Gasteiger partial charge in [0, 0.05) is 39.2 Å². The molecular weight excluding hydrogens is 280 g/mol. The summed E-state index contributed by atoms with van der Waals surface area (Å²) in [6.07, 6.45) is 0.261. The second kappa shape index (κ2) is 5.06. The van der Waals surface area contributed by atoms with Gasteiger partial charge in [0.05, 0.1) is 12.6 Å². The Morgan fingerprint density at radius 3 is 2.90 bits per heavy atom. The summed E-state index contributed by atoms with van der Waals surface area (Å²) in [6, 6.07) is -0.564. The largest absolute Gasteiger partial charge is 0.479 e. The predicted octanol–water partition coefficient (Wildman–Crippen LogP) is -1.35. The standard InChI is InChI=1S/C12H18N4O5/c17-9(18)12(1-4-21-7-12)14-11(20)15-2-3-16-8(6-15)5-13-10(16)19/h8H,1-7H2,(H,13,19)(H,14,20)(H,17,18). The van der Waals surface area contributed by atoms with Gasteiger partial charge in [-0.1, -0.05) is 0 Å². The number of aliphatic carboxylic acids is 1. The maximum atomic E-state index is 12.3. The number of carboxylic acid groups (broad SMARTS) is 1. The zero-order valence-electron chi connectivity index (χ0n) is 11.5. The molecule has 3 heterocycles. The zero-order chi connectivity index (χ0) is 15.0. The Morgan fingerprint density at radius 2 is 2.24 bits per heavy atom. The van der Waals surface area contributed by atoms with E-state index < -0.39 is 17.5 Å². The normalized spacial score (nSPS) is 31.8. The molecule has 9 heteroatoms. The first kappa shape index (κ1) is 13.9. The molecule has 0 aliphatic carbocycles. The van der Waals surface area contributed by atoms with E-state index in [1.807, 2.05) is 0 Å². The Morgan fingerprint density at radius 1 is 1.43 bits per heavy atom. The first-order valence-corrected chi connectivity index (χ1v) is 6.94. The minimum absolute atomic E-state index is 0.0164. The number of amides is 4. The van der Waals surface area contributed by atoms with Crippen molar-refractivity contribution in [3.05, 3.63) is 0 Å². The second-order valence-electron chi connectivity index (χ2n) is 5.60. The highest BCUT2D eigenvalue weighted by molar-refractivity contribution is 5.87. The number of fused-ring (bicyclic) bond motifs is 1. The van der Waals surface area contributed by atoms with E-state index in [0.29, 0.717) is 32.8 Å². The fourth-order valence-corrected chi connectivity index (χ4v) is 2.96. The fourth-order valence-electron chi connectivity index (χ4n) is 2.96. The molecule has 3 aliphatic heterocycles. The molecule has 3 rings (SSSR count). The number of piperazine rings is 1. The van der Waals surface area contributed by atoms with Gasteiger partial charge in [0.25, 0.3) is 0 Å². The van der Waals surface area contributed by atoms with E-state index in [1.54, 1.807) is 9.80 Å². The van der Waals surface area contributed by atoms with Crippen molar-refractivity contribution in [2.75, 3.05) is 39.4 Å². The van der Waals surface area contributed by atoms with Crippen molar-refractivity contribution in [3.8, 4) is 0 Å². The van der Waals surface area contributed by atoms with Gasteiger partial charge in [-0.05, 0) is 0 Å². The van der Waals surface area contributed by atoms with E-state index in [9.17, 15) is 19.5 Å². The van der Waals surface area contributed by atoms with Crippen molar-refractivity contribution in [3.63, 3.8) is 0 Å². The summed E-state index contributed by atoms with van der Waals surface area (Å²) in [5.74, 6) is -1.08. The van der Waals surface area contributed by atoms with E-state index in [4.69, 9.17) is 4.74 Å². The van der Waals surface area contributed by atoms with Crippen molar-refractivity contribution in [2.45, 2.75) is 18.0 Å². The van der Waals surface area contributed by atoms with Gasteiger partial charge in [0.15, 0.2) is 5.54 Å². The van der Waals surface area contributed by atoms with Crippen molar-refractivity contribution < 1.29 is 24.2 Å². The van der Waals surface area contributed by atoms with Crippen LogP contribution in [0.2, 0.25) is 0 Å². The van der Waals surface area contributed by atoms with Gasteiger partial charge in [-0.3, -0.25) is 0 Å². The van der Waals surface area contributed by atoms with Crippen LogP contribution in [0.25, 0.3) is 0 Å². The Balaban J connectivity index is 1.63. The quantitative estimate of drug-likeness (QED) is 0.583. The lowest BCUT2D eigenvalue weighted by atomic mass is 9.99. The minimum atomic E-state index is -1.34. The van der Waals surface area contributed by atoms with Crippen LogP contribution in [-0.2, 0) is 9.53 Å².